The van der Waals surface area contributed by atoms with E-state index in [1.54, 1.807) is 16.0 Å². The Bertz CT molecular complexity index is 886. The van der Waals surface area contributed by atoms with E-state index < -0.39 is 0 Å². The zero-order valence-electron chi connectivity index (χ0n) is 15.0. The molecule has 0 spiro atoms. The van der Waals surface area contributed by atoms with Gasteiger partial charge in [0.2, 0.25) is 5.82 Å². The molecule has 1 amide bonds. The molecule has 1 fully saturated rings. The van der Waals surface area contributed by atoms with E-state index in [0.717, 1.165) is 35.8 Å². The van der Waals surface area contributed by atoms with Gasteiger partial charge >= 0.3 is 0 Å². The molecule has 0 radical (unpaired) electrons. The number of thiophene rings is 1. The summed E-state index contributed by atoms with van der Waals surface area (Å²) < 4.78 is 1.78. The van der Waals surface area contributed by atoms with Gasteiger partial charge in [0, 0.05) is 12.6 Å². The quantitative estimate of drug-likeness (QED) is 0.693. The third kappa shape index (κ3) is 3.05. The van der Waals surface area contributed by atoms with Crippen LogP contribution in [0.4, 0.5) is 0 Å². The summed E-state index contributed by atoms with van der Waals surface area (Å²) >= 11 is 1.60. The minimum absolute atomic E-state index is 0.0614. The summed E-state index contributed by atoms with van der Waals surface area (Å²) in [4.78, 5) is 20.7. The van der Waals surface area contributed by atoms with Crippen LogP contribution in [0.1, 0.15) is 37.3 Å². The van der Waals surface area contributed by atoms with Crippen molar-refractivity contribution in [3.63, 3.8) is 0 Å². The number of carbonyl (C=O) groups is 1. The lowest BCUT2D eigenvalue weighted by Crippen LogP contribution is -2.39. The largest absolute Gasteiger partial charge is 0.333 e. The molecule has 3 aromatic rings. The number of aromatic nitrogens is 3. The second kappa shape index (κ2) is 7.03. The van der Waals surface area contributed by atoms with E-state index in [1.165, 1.54) is 0 Å². The lowest BCUT2D eigenvalue weighted by Gasteiger charge is -2.26. The van der Waals surface area contributed by atoms with Gasteiger partial charge in [0.15, 0.2) is 5.82 Å². The Morgan fingerprint density at radius 3 is 2.69 bits per heavy atom. The van der Waals surface area contributed by atoms with Gasteiger partial charge in [-0.1, -0.05) is 38.1 Å². The van der Waals surface area contributed by atoms with Crippen molar-refractivity contribution in [1.29, 1.82) is 0 Å². The van der Waals surface area contributed by atoms with Gasteiger partial charge in [-0.25, -0.2) is 9.67 Å². The number of amides is 1. The van der Waals surface area contributed by atoms with Crippen molar-refractivity contribution >= 4 is 17.2 Å². The third-order valence-corrected chi connectivity index (χ3v) is 5.74. The van der Waals surface area contributed by atoms with E-state index in [1.807, 2.05) is 52.7 Å². The van der Waals surface area contributed by atoms with E-state index in [0.29, 0.717) is 5.92 Å². The molecular weight excluding hydrogens is 344 g/mol. The Hall–Kier alpha value is -2.47. The zero-order chi connectivity index (χ0) is 18.1. The molecule has 4 rings (SSSR count). The van der Waals surface area contributed by atoms with E-state index >= 15 is 0 Å². The van der Waals surface area contributed by atoms with Crippen LogP contribution >= 0.6 is 11.3 Å². The summed E-state index contributed by atoms with van der Waals surface area (Å²) in [5.74, 6) is 1.38. The summed E-state index contributed by atoms with van der Waals surface area (Å²) in [5.41, 5.74) is 0.907. The summed E-state index contributed by atoms with van der Waals surface area (Å²) in [6.07, 6.45) is 2.10. The van der Waals surface area contributed by atoms with Crippen molar-refractivity contribution in [2.24, 2.45) is 5.92 Å². The number of likely N-dealkylation sites (tertiary alicyclic amines) is 1. The van der Waals surface area contributed by atoms with Crippen molar-refractivity contribution < 1.29 is 4.79 Å². The molecule has 2 aromatic heterocycles. The van der Waals surface area contributed by atoms with Crippen molar-refractivity contribution in [3.8, 4) is 16.4 Å². The Kier molecular flexibility index (Phi) is 4.59. The minimum Gasteiger partial charge on any atom is -0.333 e. The molecule has 0 bridgehead atoms. The fourth-order valence-corrected chi connectivity index (χ4v) is 4.28. The molecule has 3 heterocycles. The van der Waals surface area contributed by atoms with Crippen LogP contribution in [0, 0.1) is 5.92 Å². The monoisotopic (exact) mass is 366 g/mol. The first-order valence-corrected chi connectivity index (χ1v) is 9.90. The van der Waals surface area contributed by atoms with Crippen LogP contribution in [0.25, 0.3) is 16.4 Å². The number of hydrogen-bond donors (Lipinski definition) is 0. The zero-order valence-corrected chi connectivity index (χ0v) is 15.8. The fraction of sp³-hybridized carbons (Fsp3) is 0.350. The van der Waals surface area contributed by atoms with Crippen LogP contribution in [-0.2, 0) is 0 Å². The van der Waals surface area contributed by atoms with Gasteiger partial charge in [0.05, 0.1) is 10.6 Å². The normalized spacial score (nSPS) is 17.2. The lowest BCUT2D eigenvalue weighted by molar-refractivity contribution is 0.0689. The molecule has 1 unspecified atom stereocenters. The van der Waals surface area contributed by atoms with Crippen LogP contribution in [0.3, 0.4) is 0 Å². The number of rotatable bonds is 4. The molecule has 26 heavy (non-hydrogen) atoms. The Labute approximate surface area is 157 Å². The van der Waals surface area contributed by atoms with Gasteiger partial charge < -0.3 is 4.90 Å². The summed E-state index contributed by atoms with van der Waals surface area (Å²) in [6, 6.07) is 14.1. The second-order valence-electron chi connectivity index (χ2n) is 6.94. The summed E-state index contributed by atoms with van der Waals surface area (Å²) in [7, 11) is 0. The molecule has 1 aliphatic heterocycles. The highest BCUT2D eigenvalue weighted by Crippen LogP contribution is 2.28. The molecule has 5 nitrogen and oxygen atoms in total. The molecule has 0 saturated carbocycles. The van der Waals surface area contributed by atoms with Crippen LogP contribution in [-0.4, -0.2) is 38.2 Å². The van der Waals surface area contributed by atoms with Crippen molar-refractivity contribution in [2.45, 2.75) is 32.7 Å². The number of para-hydroxylation sites is 1. The highest BCUT2D eigenvalue weighted by molar-refractivity contribution is 7.13. The predicted octanol–water partition coefficient (Wildman–Crippen LogP) is 4.26. The molecule has 0 N–H and O–H groups in total. The van der Waals surface area contributed by atoms with Crippen molar-refractivity contribution in [1.82, 2.24) is 19.7 Å². The predicted molar refractivity (Wildman–Crippen MR) is 104 cm³/mol. The first-order chi connectivity index (χ1) is 12.6. The van der Waals surface area contributed by atoms with Gasteiger partial charge in [0.25, 0.3) is 5.91 Å². The molecule has 1 atom stereocenters. The smallest absolute Gasteiger partial charge is 0.293 e. The van der Waals surface area contributed by atoms with Crippen LogP contribution in [0.2, 0.25) is 0 Å². The fourth-order valence-electron chi connectivity index (χ4n) is 3.58. The maximum Gasteiger partial charge on any atom is 0.293 e. The Balaban J connectivity index is 1.75. The summed E-state index contributed by atoms with van der Waals surface area (Å²) in [5, 5.41) is 6.61. The molecule has 134 valence electrons. The minimum atomic E-state index is -0.0614. The van der Waals surface area contributed by atoms with Gasteiger partial charge in [-0.3, -0.25) is 4.79 Å². The Morgan fingerprint density at radius 2 is 2.00 bits per heavy atom. The van der Waals surface area contributed by atoms with Crippen molar-refractivity contribution in [2.75, 3.05) is 6.54 Å². The Morgan fingerprint density at radius 1 is 1.19 bits per heavy atom. The standard InChI is InChI=1S/C20H22N4OS/c1-14(2)16-10-6-12-23(16)20(25)18-21-19(17-11-7-13-26-17)24(22-18)15-8-4-3-5-9-15/h3-5,7-9,11,13-14,16H,6,10,12H2,1-2H3. The van der Waals surface area contributed by atoms with Gasteiger partial charge in [-0.15, -0.1) is 16.4 Å². The van der Waals surface area contributed by atoms with Crippen LogP contribution in [0.5, 0.6) is 0 Å². The number of benzene rings is 1. The third-order valence-electron chi connectivity index (χ3n) is 4.87. The van der Waals surface area contributed by atoms with Crippen molar-refractivity contribution in [3.05, 3.63) is 53.7 Å². The average Bonchev–Trinajstić information content (AvgIpc) is 3.41. The second-order valence-corrected chi connectivity index (χ2v) is 7.88. The number of carbonyl (C=O) groups excluding carboxylic acids is 1. The SMILES string of the molecule is CC(C)C1CCCN1C(=O)c1nc(-c2cccs2)n(-c2ccccc2)n1. The van der Waals surface area contributed by atoms with Gasteiger partial charge in [0.1, 0.15) is 0 Å². The van der Waals surface area contributed by atoms with E-state index in [2.05, 4.69) is 23.9 Å². The molecular formula is C20H22N4OS. The highest BCUT2D eigenvalue weighted by Gasteiger charge is 2.33. The first-order valence-electron chi connectivity index (χ1n) is 9.02. The average molecular weight is 366 g/mol. The lowest BCUT2D eigenvalue weighted by atomic mass is 10.0. The first kappa shape index (κ1) is 17.0. The number of hydrogen-bond acceptors (Lipinski definition) is 4. The maximum absolute atomic E-state index is 13.1. The maximum atomic E-state index is 13.1. The van der Waals surface area contributed by atoms with E-state index in [4.69, 9.17) is 0 Å². The molecule has 6 heteroatoms. The molecule has 0 aliphatic carbocycles. The number of nitrogens with zero attached hydrogens (tertiary/aromatic N) is 4. The van der Waals surface area contributed by atoms with E-state index in [9.17, 15) is 4.79 Å². The topological polar surface area (TPSA) is 51.0 Å². The molecule has 1 saturated heterocycles. The van der Waals surface area contributed by atoms with Crippen LogP contribution in [0.15, 0.2) is 47.8 Å². The highest BCUT2D eigenvalue weighted by atomic mass is 32.1. The molecule has 1 aliphatic rings. The summed E-state index contributed by atoms with van der Waals surface area (Å²) in [6.45, 7) is 5.13. The van der Waals surface area contributed by atoms with Gasteiger partial charge in [-0.05, 0) is 42.3 Å². The van der Waals surface area contributed by atoms with Crippen LogP contribution < -0.4 is 0 Å². The van der Waals surface area contributed by atoms with E-state index in [-0.39, 0.29) is 17.8 Å². The molecule has 1 aromatic carbocycles. The van der Waals surface area contributed by atoms with Gasteiger partial charge in [-0.2, -0.15) is 0 Å².